The molecule has 3 aromatic carbocycles. The van der Waals surface area contributed by atoms with Crippen molar-refractivity contribution in [2.75, 3.05) is 5.32 Å². The average molecular weight is 336 g/mol. The Hall–Kier alpha value is -3.28. The van der Waals surface area contributed by atoms with Crippen LogP contribution in [-0.2, 0) is 12.8 Å². The molecule has 0 saturated carbocycles. The summed E-state index contributed by atoms with van der Waals surface area (Å²) in [6.45, 7) is 0. The number of nitro groups is 1. The van der Waals surface area contributed by atoms with Crippen LogP contribution in [0, 0.1) is 15.9 Å². The van der Waals surface area contributed by atoms with E-state index in [-0.39, 0.29) is 16.9 Å². The number of rotatable bonds is 3. The first-order valence-electron chi connectivity index (χ1n) is 7.83. The van der Waals surface area contributed by atoms with E-state index in [4.69, 9.17) is 0 Å². The lowest BCUT2D eigenvalue weighted by atomic mass is 10.0. The number of nitrogens with one attached hydrogen (secondary N) is 1. The first kappa shape index (κ1) is 15.3. The summed E-state index contributed by atoms with van der Waals surface area (Å²) < 4.78 is 13.0. The van der Waals surface area contributed by atoms with Gasteiger partial charge in [-0.05, 0) is 53.6 Å². The minimum atomic E-state index is -0.512. The van der Waals surface area contributed by atoms with Gasteiger partial charge >= 0.3 is 0 Å². The Morgan fingerprint density at radius 3 is 2.52 bits per heavy atom. The average Bonchev–Trinajstić information content (AvgIpc) is 3.02. The fourth-order valence-electron chi connectivity index (χ4n) is 3.37. The molecule has 4 rings (SSSR count). The number of carbonyl (C=O) groups is 1. The monoisotopic (exact) mass is 336 g/mol. The van der Waals surface area contributed by atoms with Crippen LogP contribution in [0.15, 0.2) is 48.5 Å². The van der Waals surface area contributed by atoms with Crippen molar-refractivity contribution in [3.8, 4) is 0 Å². The first-order valence-corrected chi connectivity index (χ1v) is 7.83. The van der Waals surface area contributed by atoms with Gasteiger partial charge in [0.2, 0.25) is 0 Å². The molecule has 0 saturated heterocycles. The maximum Gasteiger partial charge on any atom is 0.293 e. The molecule has 0 fully saturated rings. The number of halogens is 1. The Morgan fingerprint density at radius 2 is 1.80 bits per heavy atom. The molecule has 1 aliphatic rings. The van der Waals surface area contributed by atoms with Gasteiger partial charge in [-0.25, -0.2) is 4.39 Å². The van der Waals surface area contributed by atoms with Gasteiger partial charge in [-0.3, -0.25) is 14.9 Å². The molecule has 0 bridgehead atoms. The Balaban J connectivity index is 1.86. The van der Waals surface area contributed by atoms with Gasteiger partial charge in [-0.1, -0.05) is 18.2 Å². The highest BCUT2D eigenvalue weighted by Crippen LogP contribution is 2.41. The quantitative estimate of drug-likeness (QED) is 0.574. The van der Waals surface area contributed by atoms with E-state index in [0.717, 1.165) is 29.4 Å². The zero-order chi connectivity index (χ0) is 17.6. The van der Waals surface area contributed by atoms with Crippen LogP contribution in [0.25, 0.3) is 10.8 Å². The van der Waals surface area contributed by atoms with Crippen molar-refractivity contribution in [3.05, 3.63) is 81.2 Å². The summed E-state index contributed by atoms with van der Waals surface area (Å²) in [6, 6.07) is 12.2. The number of hydrogen-bond donors (Lipinski definition) is 1. The normalized spacial score (nSPS) is 12.4. The van der Waals surface area contributed by atoms with E-state index in [2.05, 4.69) is 5.32 Å². The topological polar surface area (TPSA) is 72.2 Å². The van der Waals surface area contributed by atoms with Gasteiger partial charge < -0.3 is 5.32 Å². The fraction of sp³-hybridized carbons (Fsp3) is 0.105. The van der Waals surface area contributed by atoms with Crippen molar-refractivity contribution in [1.29, 1.82) is 0 Å². The van der Waals surface area contributed by atoms with Gasteiger partial charge in [0.1, 0.15) is 11.5 Å². The number of anilines is 1. The van der Waals surface area contributed by atoms with Gasteiger partial charge in [-0.2, -0.15) is 0 Å². The van der Waals surface area contributed by atoms with Crippen LogP contribution in [0.3, 0.4) is 0 Å². The van der Waals surface area contributed by atoms with E-state index in [9.17, 15) is 19.3 Å². The third-order valence-electron chi connectivity index (χ3n) is 4.51. The molecule has 0 heterocycles. The Bertz CT molecular complexity index is 1030. The van der Waals surface area contributed by atoms with Crippen LogP contribution in [0.2, 0.25) is 0 Å². The summed E-state index contributed by atoms with van der Waals surface area (Å²) in [6.07, 6.45) is 1.59. The number of amides is 1. The maximum atomic E-state index is 13.0. The Morgan fingerprint density at radius 1 is 1.08 bits per heavy atom. The minimum Gasteiger partial charge on any atom is -0.316 e. The molecule has 5 nitrogen and oxygen atoms in total. The number of carbonyl (C=O) groups excluding carboxylic acids is 1. The molecule has 0 aromatic heterocycles. The zero-order valence-corrected chi connectivity index (χ0v) is 13.1. The molecular weight excluding hydrogens is 323 g/mol. The van der Waals surface area contributed by atoms with Crippen LogP contribution >= 0.6 is 0 Å². The number of nitro benzene ring substituents is 1. The SMILES string of the molecule is O=C(Nc1c([N+](=O)[O-])cc2c3c(cccc13)CC2)c1ccc(F)cc1. The van der Waals surface area contributed by atoms with Gasteiger partial charge in [0.15, 0.2) is 0 Å². The molecule has 25 heavy (non-hydrogen) atoms. The highest BCUT2D eigenvalue weighted by Gasteiger charge is 2.25. The van der Waals surface area contributed by atoms with Crippen molar-refractivity contribution in [1.82, 2.24) is 0 Å². The molecule has 0 aliphatic heterocycles. The summed E-state index contributed by atoms with van der Waals surface area (Å²) in [5.74, 6) is -0.963. The second-order valence-corrected chi connectivity index (χ2v) is 5.99. The van der Waals surface area contributed by atoms with Crippen LogP contribution in [0.1, 0.15) is 21.5 Å². The summed E-state index contributed by atoms with van der Waals surface area (Å²) in [4.78, 5) is 23.5. The number of nitrogens with zero attached hydrogens (tertiary/aromatic N) is 1. The number of hydrogen-bond acceptors (Lipinski definition) is 3. The Labute approximate surface area is 142 Å². The van der Waals surface area contributed by atoms with E-state index in [1.807, 2.05) is 12.1 Å². The third kappa shape index (κ3) is 2.52. The van der Waals surface area contributed by atoms with Gasteiger partial charge in [0.25, 0.3) is 11.6 Å². The van der Waals surface area contributed by atoms with Crippen molar-refractivity contribution in [3.63, 3.8) is 0 Å². The molecule has 0 spiro atoms. The van der Waals surface area contributed by atoms with E-state index >= 15 is 0 Å². The lowest BCUT2D eigenvalue weighted by Gasteiger charge is -2.11. The van der Waals surface area contributed by atoms with E-state index in [0.29, 0.717) is 5.39 Å². The molecule has 0 unspecified atom stereocenters. The molecule has 0 radical (unpaired) electrons. The number of benzene rings is 3. The van der Waals surface area contributed by atoms with Crippen LogP contribution in [0.5, 0.6) is 0 Å². The zero-order valence-electron chi connectivity index (χ0n) is 13.1. The van der Waals surface area contributed by atoms with Crippen LogP contribution in [0.4, 0.5) is 15.8 Å². The van der Waals surface area contributed by atoms with Crippen molar-refractivity contribution in [2.45, 2.75) is 12.8 Å². The van der Waals surface area contributed by atoms with E-state index < -0.39 is 16.6 Å². The second kappa shape index (κ2) is 5.66. The standard InChI is InChI=1S/C19H13FN2O3/c20-14-8-6-12(7-9-14)19(23)21-18-15-3-1-2-11-4-5-13(17(11)15)10-16(18)22(24)25/h1-3,6-10H,4-5H2,(H,21,23). The largest absolute Gasteiger partial charge is 0.316 e. The highest BCUT2D eigenvalue weighted by molar-refractivity contribution is 6.13. The predicted octanol–water partition coefficient (Wildman–Crippen LogP) is 4.24. The lowest BCUT2D eigenvalue weighted by Crippen LogP contribution is -2.13. The molecule has 6 heteroatoms. The molecule has 0 atom stereocenters. The third-order valence-corrected chi connectivity index (χ3v) is 4.51. The van der Waals surface area contributed by atoms with Crippen LogP contribution < -0.4 is 5.32 Å². The molecule has 3 aromatic rings. The van der Waals surface area contributed by atoms with E-state index in [1.165, 1.54) is 24.3 Å². The molecular formula is C19H13FN2O3. The van der Waals surface area contributed by atoms with Crippen molar-refractivity contribution < 1.29 is 14.1 Å². The summed E-state index contributed by atoms with van der Waals surface area (Å²) in [5.41, 5.74) is 2.34. The number of aryl methyl sites for hydroxylation is 2. The van der Waals surface area contributed by atoms with Gasteiger partial charge in [0, 0.05) is 17.0 Å². The Kier molecular flexibility index (Phi) is 3.46. The molecule has 1 amide bonds. The summed E-state index contributed by atoms with van der Waals surface area (Å²) in [5, 5.41) is 15.8. The summed E-state index contributed by atoms with van der Waals surface area (Å²) >= 11 is 0. The molecule has 1 N–H and O–H groups in total. The minimum absolute atomic E-state index is 0.128. The van der Waals surface area contributed by atoms with Crippen molar-refractivity contribution >= 4 is 28.1 Å². The second-order valence-electron chi connectivity index (χ2n) is 5.99. The highest BCUT2D eigenvalue weighted by atomic mass is 19.1. The molecule has 124 valence electrons. The molecule has 1 aliphatic carbocycles. The first-order chi connectivity index (χ1) is 12.0. The van der Waals surface area contributed by atoms with E-state index in [1.54, 1.807) is 12.1 Å². The lowest BCUT2D eigenvalue weighted by molar-refractivity contribution is -0.383. The summed E-state index contributed by atoms with van der Waals surface area (Å²) in [7, 11) is 0. The predicted molar refractivity (Wildman–Crippen MR) is 92.4 cm³/mol. The van der Waals surface area contributed by atoms with Crippen molar-refractivity contribution in [2.24, 2.45) is 0 Å². The van der Waals surface area contributed by atoms with Crippen LogP contribution in [-0.4, -0.2) is 10.8 Å². The van der Waals surface area contributed by atoms with Gasteiger partial charge in [-0.15, -0.1) is 0 Å². The fourth-order valence-corrected chi connectivity index (χ4v) is 3.37. The van der Waals surface area contributed by atoms with Gasteiger partial charge in [0.05, 0.1) is 4.92 Å². The smallest absolute Gasteiger partial charge is 0.293 e. The maximum absolute atomic E-state index is 13.0.